The Morgan fingerprint density at radius 1 is 1.17 bits per heavy atom. The van der Waals surface area contributed by atoms with Crippen molar-refractivity contribution in [3.8, 4) is 5.69 Å². The summed E-state index contributed by atoms with van der Waals surface area (Å²) < 4.78 is 15.1. The summed E-state index contributed by atoms with van der Waals surface area (Å²) in [5.74, 6) is 0.0725. The van der Waals surface area contributed by atoms with Crippen molar-refractivity contribution in [1.29, 1.82) is 0 Å². The molecule has 3 rings (SSSR count). The summed E-state index contributed by atoms with van der Waals surface area (Å²) in [4.78, 5) is 16.3. The number of amides is 1. The highest BCUT2D eigenvalue weighted by Gasteiger charge is 2.08. The van der Waals surface area contributed by atoms with Gasteiger partial charge in [-0.1, -0.05) is 36.0 Å². The maximum Gasteiger partial charge on any atom is 0.225 e. The second-order valence-electron chi connectivity index (χ2n) is 5.07. The van der Waals surface area contributed by atoms with Gasteiger partial charge in [0.25, 0.3) is 0 Å². The Labute approximate surface area is 143 Å². The number of nitrogens with one attached hydrogen (secondary N) is 1. The number of para-hydroxylation sites is 1. The molecule has 1 N–H and O–H groups in total. The molecule has 24 heavy (non-hydrogen) atoms. The lowest BCUT2D eigenvalue weighted by molar-refractivity contribution is -0.115. The number of aromatic nitrogens is 2. The molecule has 0 bridgehead atoms. The van der Waals surface area contributed by atoms with Crippen LogP contribution in [0.1, 0.15) is 6.42 Å². The van der Waals surface area contributed by atoms with Crippen LogP contribution in [0.15, 0.2) is 72.1 Å². The van der Waals surface area contributed by atoms with Crippen LogP contribution >= 0.6 is 11.8 Å². The summed E-state index contributed by atoms with van der Waals surface area (Å²) in [6.45, 7) is 0. The number of carbonyl (C=O) groups is 1. The van der Waals surface area contributed by atoms with E-state index in [0.29, 0.717) is 17.9 Å². The van der Waals surface area contributed by atoms with Gasteiger partial charge in [-0.05, 0) is 30.3 Å². The van der Waals surface area contributed by atoms with Crippen molar-refractivity contribution in [3.05, 3.63) is 72.8 Å². The topological polar surface area (TPSA) is 46.9 Å². The summed E-state index contributed by atoms with van der Waals surface area (Å²) in [6.07, 6.45) is 3.95. The number of nitrogens with zero attached hydrogens (tertiary/aromatic N) is 2. The predicted octanol–water partition coefficient (Wildman–Crippen LogP) is 4.13. The minimum atomic E-state index is -0.368. The molecule has 6 heteroatoms. The van der Waals surface area contributed by atoms with E-state index in [9.17, 15) is 9.18 Å². The van der Waals surface area contributed by atoms with Gasteiger partial charge in [0.05, 0.1) is 0 Å². The van der Waals surface area contributed by atoms with E-state index in [-0.39, 0.29) is 11.7 Å². The standard InChI is InChI=1S/C18H16FN3OS/c19-14-5-4-6-15(13-14)21-17(23)9-12-24-18-20-10-11-22(18)16-7-2-1-3-8-16/h1-8,10-11,13H,9,12H2,(H,21,23). The normalized spacial score (nSPS) is 10.5. The molecule has 0 aliphatic carbocycles. The highest BCUT2D eigenvalue weighted by Crippen LogP contribution is 2.21. The molecule has 4 nitrogen and oxygen atoms in total. The van der Waals surface area contributed by atoms with Gasteiger partial charge >= 0.3 is 0 Å². The van der Waals surface area contributed by atoms with E-state index in [1.54, 1.807) is 18.3 Å². The van der Waals surface area contributed by atoms with Crippen molar-refractivity contribution in [3.63, 3.8) is 0 Å². The Balaban J connectivity index is 1.54. The molecule has 0 atom stereocenters. The first-order valence-electron chi connectivity index (χ1n) is 7.49. The molecule has 2 aromatic carbocycles. The molecule has 0 spiro atoms. The minimum Gasteiger partial charge on any atom is -0.326 e. The van der Waals surface area contributed by atoms with E-state index in [1.807, 2.05) is 41.1 Å². The predicted molar refractivity (Wildman–Crippen MR) is 93.9 cm³/mol. The molecule has 1 heterocycles. The lowest BCUT2D eigenvalue weighted by Gasteiger charge is -2.08. The van der Waals surface area contributed by atoms with Crippen molar-refractivity contribution in [2.75, 3.05) is 11.1 Å². The molecule has 0 fully saturated rings. The van der Waals surface area contributed by atoms with Crippen LogP contribution in [-0.2, 0) is 4.79 Å². The van der Waals surface area contributed by atoms with Gasteiger partial charge in [-0.2, -0.15) is 0 Å². The highest BCUT2D eigenvalue weighted by molar-refractivity contribution is 7.99. The first kappa shape index (κ1) is 16.3. The fourth-order valence-electron chi connectivity index (χ4n) is 2.21. The molecule has 0 aliphatic rings. The van der Waals surface area contributed by atoms with Gasteiger partial charge in [-0.15, -0.1) is 0 Å². The molecule has 122 valence electrons. The second kappa shape index (κ2) is 7.79. The average Bonchev–Trinajstić information content (AvgIpc) is 3.04. The summed E-state index contributed by atoms with van der Waals surface area (Å²) >= 11 is 1.51. The highest BCUT2D eigenvalue weighted by atomic mass is 32.2. The number of anilines is 1. The number of benzene rings is 2. The lowest BCUT2D eigenvalue weighted by Crippen LogP contribution is -2.12. The van der Waals surface area contributed by atoms with Crippen molar-refractivity contribution >= 4 is 23.4 Å². The maximum absolute atomic E-state index is 13.1. The van der Waals surface area contributed by atoms with Gasteiger partial charge in [-0.3, -0.25) is 9.36 Å². The van der Waals surface area contributed by atoms with E-state index < -0.39 is 0 Å². The zero-order chi connectivity index (χ0) is 16.8. The first-order chi connectivity index (χ1) is 11.7. The molecule has 0 radical (unpaired) electrons. The van der Waals surface area contributed by atoms with E-state index in [4.69, 9.17) is 0 Å². The van der Waals surface area contributed by atoms with Crippen LogP contribution in [0, 0.1) is 5.82 Å². The van der Waals surface area contributed by atoms with Crippen LogP contribution in [0.4, 0.5) is 10.1 Å². The van der Waals surface area contributed by atoms with Gasteiger partial charge in [0, 0.05) is 35.9 Å². The Kier molecular flexibility index (Phi) is 5.28. The van der Waals surface area contributed by atoms with Crippen LogP contribution in [0.25, 0.3) is 5.69 Å². The van der Waals surface area contributed by atoms with Gasteiger partial charge in [0.15, 0.2) is 5.16 Å². The number of carbonyl (C=O) groups excluding carboxylic acids is 1. The molecule has 0 unspecified atom stereocenters. The Hall–Kier alpha value is -2.60. The fourth-order valence-corrected chi connectivity index (χ4v) is 3.12. The van der Waals surface area contributed by atoms with Crippen molar-refractivity contribution in [1.82, 2.24) is 9.55 Å². The quantitative estimate of drug-likeness (QED) is 0.686. The molecule has 3 aromatic rings. The number of hydrogen-bond donors (Lipinski definition) is 1. The van der Waals surface area contributed by atoms with Crippen molar-refractivity contribution < 1.29 is 9.18 Å². The number of hydrogen-bond acceptors (Lipinski definition) is 3. The van der Waals surface area contributed by atoms with Crippen molar-refractivity contribution in [2.24, 2.45) is 0 Å². The molecular weight excluding hydrogens is 325 g/mol. The van der Waals surface area contributed by atoms with Gasteiger partial charge in [-0.25, -0.2) is 9.37 Å². The molecular formula is C18H16FN3OS. The molecule has 1 amide bonds. The van der Waals surface area contributed by atoms with Crippen LogP contribution in [0.3, 0.4) is 0 Å². The van der Waals surface area contributed by atoms with E-state index in [1.165, 1.54) is 23.9 Å². The summed E-state index contributed by atoms with van der Waals surface area (Å²) in [5, 5.41) is 3.52. The summed E-state index contributed by atoms with van der Waals surface area (Å²) in [5.41, 5.74) is 1.50. The third-order valence-electron chi connectivity index (χ3n) is 3.31. The maximum atomic E-state index is 13.1. The molecule has 0 saturated heterocycles. The van der Waals surface area contributed by atoms with Crippen LogP contribution in [-0.4, -0.2) is 21.2 Å². The molecule has 0 aliphatic heterocycles. The van der Waals surface area contributed by atoms with Gasteiger partial charge in [0.1, 0.15) is 5.82 Å². The monoisotopic (exact) mass is 341 g/mol. The van der Waals surface area contributed by atoms with Crippen molar-refractivity contribution in [2.45, 2.75) is 11.6 Å². The Morgan fingerprint density at radius 2 is 2.00 bits per heavy atom. The number of imidazole rings is 1. The second-order valence-corrected chi connectivity index (χ2v) is 6.13. The fraction of sp³-hybridized carbons (Fsp3) is 0.111. The average molecular weight is 341 g/mol. The third kappa shape index (κ3) is 4.23. The largest absolute Gasteiger partial charge is 0.326 e. The number of thioether (sulfide) groups is 1. The van der Waals surface area contributed by atoms with Crippen LogP contribution in [0.2, 0.25) is 0 Å². The summed E-state index contributed by atoms with van der Waals surface area (Å²) in [7, 11) is 0. The minimum absolute atomic E-state index is 0.147. The number of rotatable bonds is 6. The van der Waals surface area contributed by atoms with E-state index in [2.05, 4.69) is 10.3 Å². The summed E-state index contributed by atoms with van der Waals surface area (Å²) in [6, 6.07) is 15.8. The molecule has 1 aromatic heterocycles. The van der Waals surface area contributed by atoms with E-state index in [0.717, 1.165) is 10.8 Å². The van der Waals surface area contributed by atoms with E-state index >= 15 is 0 Å². The SMILES string of the molecule is O=C(CCSc1nccn1-c1ccccc1)Nc1cccc(F)c1. The smallest absolute Gasteiger partial charge is 0.225 e. The van der Waals surface area contributed by atoms with Gasteiger partial charge < -0.3 is 5.32 Å². The number of halogens is 1. The van der Waals surface area contributed by atoms with Crippen LogP contribution in [0.5, 0.6) is 0 Å². The zero-order valence-corrected chi connectivity index (χ0v) is 13.7. The first-order valence-corrected chi connectivity index (χ1v) is 8.48. The lowest BCUT2D eigenvalue weighted by atomic mass is 10.3. The Bertz CT molecular complexity index is 820. The zero-order valence-electron chi connectivity index (χ0n) is 12.9. The third-order valence-corrected chi connectivity index (χ3v) is 4.28. The van der Waals surface area contributed by atoms with Gasteiger partial charge in [0.2, 0.25) is 5.91 Å². The van der Waals surface area contributed by atoms with Crippen LogP contribution < -0.4 is 5.32 Å². The molecule has 0 saturated carbocycles. The Morgan fingerprint density at radius 3 is 2.79 bits per heavy atom.